The Labute approximate surface area is 439 Å². The third-order valence-corrected chi connectivity index (χ3v) is 10.0. The van der Waals surface area contributed by atoms with E-state index in [0.717, 1.165) is 56.0 Å². The van der Waals surface area contributed by atoms with E-state index in [1.807, 2.05) is 69.2 Å². The van der Waals surface area contributed by atoms with Gasteiger partial charge in [0.25, 0.3) is 0 Å². The number of carbonyl (C=O) groups is 6. The van der Waals surface area contributed by atoms with Crippen molar-refractivity contribution in [3.63, 3.8) is 0 Å². The van der Waals surface area contributed by atoms with Crippen molar-refractivity contribution in [2.75, 3.05) is 20.3 Å². The second kappa shape index (κ2) is 49.1. The fourth-order valence-electron chi connectivity index (χ4n) is 7.95. The molecule has 4 saturated heterocycles. The van der Waals surface area contributed by atoms with Gasteiger partial charge < -0.3 is 47.8 Å². The van der Waals surface area contributed by atoms with Crippen LogP contribution in [0.3, 0.4) is 0 Å². The average molecular weight is 1030 g/mol. The lowest BCUT2D eigenvalue weighted by Crippen LogP contribution is -2.30. The molecule has 15 heteroatoms. The molecule has 5 aliphatic heterocycles. The molecule has 72 heavy (non-hydrogen) atoms. The van der Waals surface area contributed by atoms with Gasteiger partial charge in [-0.1, -0.05) is 54.9 Å². The van der Waals surface area contributed by atoms with Gasteiger partial charge in [0, 0.05) is 44.3 Å². The second-order valence-corrected chi connectivity index (χ2v) is 17.8. The minimum absolute atomic E-state index is 0. The Kier molecular flexibility index (Phi) is 55.8. The van der Waals surface area contributed by atoms with Crippen LogP contribution in [0.5, 0.6) is 0 Å². The molecule has 0 aromatic heterocycles. The first-order valence-electron chi connectivity index (χ1n) is 23.9. The number of allylic oxidation sites excluding steroid dienone is 3. The van der Waals surface area contributed by atoms with Gasteiger partial charge >= 0.3 is 17.9 Å². The van der Waals surface area contributed by atoms with Crippen LogP contribution < -0.4 is 0 Å². The van der Waals surface area contributed by atoms with Crippen molar-refractivity contribution in [3.8, 4) is 0 Å². The van der Waals surface area contributed by atoms with Gasteiger partial charge in [0.15, 0.2) is 5.78 Å². The van der Waals surface area contributed by atoms with Crippen LogP contribution in [0.25, 0.3) is 0 Å². The number of ketones is 2. The summed E-state index contributed by atoms with van der Waals surface area (Å²) in [5.74, 6) is 0.239. The van der Waals surface area contributed by atoms with E-state index in [1.54, 1.807) is 25.5 Å². The van der Waals surface area contributed by atoms with Crippen LogP contribution in [-0.4, -0.2) is 116 Å². The fraction of sp³-hybridized carbons (Fsp3) is 0.754. The Morgan fingerprint density at radius 3 is 1.35 bits per heavy atom. The first-order valence-corrected chi connectivity index (χ1v) is 23.9. The summed E-state index contributed by atoms with van der Waals surface area (Å²) in [7, 11) is 1.61. The zero-order valence-electron chi connectivity index (χ0n) is 43.4. The number of ether oxygens (including phenoxy) is 8. The highest BCUT2D eigenvalue weighted by Crippen LogP contribution is 2.28. The van der Waals surface area contributed by atoms with E-state index >= 15 is 0 Å². The molecule has 4 fully saturated rings. The van der Waals surface area contributed by atoms with Crippen molar-refractivity contribution >= 4 is 35.8 Å². The smallest absolute Gasteiger partial charge is 0.330 e. The molecule has 9 atom stereocenters. The zero-order chi connectivity index (χ0) is 51.5. The summed E-state index contributed by atoms with van der Waals surface area (Å²) in [6, 6.07) is 0. The lowest BCUT2D eigenvalue weighted by atomic mass is 9.90. The van der Waals surface area contributed by atoms with Crippen molar-refractivity contribution in [3.05, 3.63) is 48.5 Å². The molecule has 426 valence electrons. The molecule has 0 amide bonds. The summed E-state index contributed by atoms with van der Waals surface area (Å²) in [6.07, 6.45) is 18.4. The Morgan fingerprint density at radius 1 is 0.653 bits per heavy atom. The van der Waals surface area contributed by atoms with Crippen LogP contribution in [0.4, 0.5) is 0 Å². The molecule has 1 unspecified atom stereocenters. The van der Waals surface area contributed by atoms with Crippen molar-refractivity contribution in [2.45, 2.75) is 253 Å². The number of carboxylic acid groups (broad SMARTS) is 1. The highest BCUT2D eigenvalue weighted by atomic mass is 16.5. The minimum atomic E-state index is -0.693. The van der Waals surface area contributed by atoms with Crippen LogP contribution in [0, 0.1) is 11.8 Å². The molecular weight excluding hydrogens is 925 g/mol. The van der Waals surface area contributed by atoms with Gasteiger partial charge in [0.2, 0.25) is 0 Å². The Balaban J connectivity index is -0.000000139. The van der Waals surface area contributed by atoms with Gasteiger partial charge in [0.1, 0.15) is 18.2 Å². The highest BCUT2D eigenvalue weighted by molar-refractivity contribution is 5.90. The van der Waals surface area contributed by atoms with Crippen molar-refractivity contribution in [2.24, 2.45) is 11.8 Å². The SMILES string of the molecule is C.C.C.C.C.C=C(C)/C=C/OC.CC1CC(=O)C=CO1.CC=O.CCOC(=O)C=C1C[C@@H](C)O[C@H](C)C1.CCOC(=O)CC1C[C@@H](C)O[C@H](C)C1.C[C@@H]1CC(=O)C[C@@H](C)O1.C[C@@H]1CC(CC(=O)O)C[C@@H](C)O1. The van der Waals surface area contributed by atoms with Gasteiger partial charge in [-0.3, -0.25) is 19.2 Å². The predicted octanol–water partition coefficient (Wildman–Crippen LogP) is 13.0. The van der Waals surface area contributed by atoms with Crippen LogP contribution in [0.2, 0.25) is 0 Å². The molecule has 0 saturated carbocycles. The zero-order valence-corrected chi connectivity index (χ0v) is 43.4. The van der Waals surface area contributed by atoms with E-state index < -0.39 is 5.97 Å². The molecule has 0 spiro atoms. The number of aldehydes is 1. The molecule has 1 N–H and O–H groups in total. The summed E-state index contributed by atoms with van der Waals surface area (Å²) < 4.78 is 41.4. The number of Topliss-reactive ketones (excluding diaryl/α,β-unsaturated/α-hetero) is 1. The molecular formula is C57H108O15. The molecule has 0 aromatic rings. The predicted molar refractivity (Wildman–Crippen MR) is 293 cm³/mol. The first kappa shape index (κ1) is 81.9. The number of carbonyl (C=O) groups excluding carboxylic acids is 5. The first-order chi connectivity index (χ1) is 31.5. The summed E-state index contributed by atoms with van der Waals surface area (Å²) in [4.78, 5) is 63.0. The maximum Gasteiger partial charge on any atom is 0.330 e. The lowest BCUT2D eigenvalue weighted by Gasteiger charge is -2.31. The number of aliphatic carboxylic acids is 1. The van der Waals surface area contributed by atoms with E-state index in [4.69, 9.17) is 43.1 Å². The van der Waals surface area contributed by atoms with Gasteiger partial charge in [-0.2, -0.15) is 0 Å². The quantitative estimate of drug-likeness (QED) is 0.0752. The Morgan fingerprint density at radius 2 is 1.04 bits per heavy atom. The van der Waals surface area contributed by atoms with Gasteiger partial charge in [-0.25, -0.2) is 4.79 Å². The van der Waals surface area contributed by atoms with E-state index in [2.05, 4.69) is 25.2 Å². The van der Waals surface area contributed by atoms with Crippen LogP contribution >= 0.6 is 0 Å². The molecule has 0 bridgehead atoms. The standard InChI is InChI=1S/C11H20O3.C11H18O3.C9H16O3.C7H12O2.C6H8O2.C6H10O.C2H4O.5CH4/c2*1-4-13-11(12)7-10-5-8(2)14-9(3)6-10;1-6-3-8(5-9(10)11)4-7(2)12-6;1-5-3-7(8)4-6(2)9-5;1-5-4-6(7)2-3-8-5;1-6(2)4-5-7-3;1-2-3;;;;;/h8-10H,4-7H2,1-3H3;7-9H,4-6H2,1-3H3;6-8H,3-5H2,1-2H3,(H,10,11);5-6H,3-4H2,1-2H3;2-3,5H,4H2,1H3;4-5H,1H2,2-3H3;2H,1H3;5*1H4/b;;;;;5-4+;;;;;;/t2*8-,9-;6-,7-;5-,6-;;;;;;;;/m1111......../s1. The molecule has 0 aliphatic carbocycles. The fourth-order valence-corrected chi connectivity index (χ4v) is 7.95. The second-order valence-electron chi connectivity index (χ2n) is 17.8. The van der Waals surface area contributed by atoms with Crippen molar-refractivity contribution < 1.29 is 71.8 Å². The molecule has 5 rings (SSSR count). The van der Waals surface area contributed by atoms with E-state index in [0.29, 0.717) is 56.5 Å². The summed E-state index contributed by atoms with van der Waals surface area (Å²) in [6.45, 7) is 29.5. The monoisotopic (exact) mass is 1030 g/mol. The topological polar surface area (TPSA) is 196 Å². The molecule has 15 nitrogen and oxygen atoms in total. The number of hydrogen-bond acceptors (Lipinski definition) is 14. The minimum Gasteiger partial charge on any atom is -0.504 e. The number of methoxy groups -OCH3 is 1. The molecule has 0 radical (unpaired) electrons. The largest absolute Gasteiger partial charge is 0.504 e. The van der Waals surface area contributed by atoms with Gasteiger partial charge in [-0.15, -0.1) is 0 Å². The maximum atomic E-state index is 11.3. The lowest BCUT2D eigenvalue weighted by molar-refractivity contribution is -0.146. The normalized spacial score (nSPS) is 26.5. The van der Waals surface area contributed by atoms with Gasteiger partial charge in [0.05, 0.1) is 81.7 Å². The number of hydrogen-bond donors (Lipinski definition) is 1. The average Bonchev–Trinajstić information content (AvgIpc) is 3.17. The molecule has 5 aliphatic rings. The van der Waals surface area contributed by atoms with E-state index in [-0.39, 0.29) is 116 Å². The van der Waals surface area contributed by atoms with Crippen LogP contribution in [0.15, 0.2) is 48.5 Å². The molecule has 5 heterocycles. The Hall–Kier alpha value is -4.18. The third-order valence-electron chi connectivity index (χ3n) is 10.0. The van der Waals surface area contributed by atoms with E-state index in [1.165, 1.54) is 19.3 Å². The van der Waals surface area contributed by atoms with E-state index in [9.17, 15) is 24.0 Å². The highest BCUT2D eigenvalue weighted by Gasteiger charge is 2.27. The maximum absolute atomic E-state index is 11.3. The number of esters is 2. The van der Waals surface area contributed by atoms with Gasteiger partial charge in [-0.05, 0) is 146 Å². The van der Waals surface area contributed by atoms with Crippen molar-refractivity contribution in [1.82, 2.24) is 0 Å². The summed E-state index contributed by atoms with van der Waals surface area (Å²) in [5.41, 5.74) is 2.14. The number of carboxylic acids is 1. The number of rotatable bonds is 9. The van der Waals surface area contributed by atoms with Crippen molar-refractivity contribution in [1.29, 1.82) is 0 Å². The Bertz CT molecular complexity index is 1480. The van der Waals surface area contributed by atoms with Crippen LogP contribution in [0.1, 0.15) is 198 Å². The summed E-state index contributed by atoms with van der Waals surface area (Å²) >= 11 is 0. The third kappa shape index (κ3) is 48.1. The summed E-state index contributed by atoms with van der Waals surface area (Å²) in [5, 5.41) is 8.60. The molecule has 0 aromatic carbocycles. The van der Waals surface area contributed by atoms with Crippen LogP contribution in [-0.2, 0) is 66.7 Å².